The Labute approximate surface area is 151 Å². The Morgan fingerprint density at radius 1 is 1.04 bits per heavy atom. The third-order valence-electron chi connectivity index (χ3n) is 4.18. The van der Waals surface area contributed by atoms with E-state index in [0.717, 1.165) is 5.56 Å². The Kier molecular flexibility index (Phi) is 5.03. The molecule has 3 rings (SSSR count). The van der Waals surface area contributed by atoms with E-state index in [2.05, 4.69) is 15.6 Å². The summed E-state index contributed by atoms with van der Waals surface area (Å²) >= 11 is 0. The maximum absolute atomic E-state index is 12.4. The largest absolute Gasteiger partial charge is 0.347 e. The second kappa shape index (κ2) is 7.25. The maximum atomic E-state index is 12.4. The number of hydrogen-bond donors (Lipinski definition) is 2. The van der Waals surface area contributed by atoms with Crippen LogP contribution in [-0.4, -0.2) is 42.8 Å². The average molecular weight is 373 g/mol. The summed E-state index contributed by atoms with van der Waals surface area (Å²) < 4.78 is 23.0. The number of carbonyl (C=O) groups is 2. The Balaban J connectivity index is 1.70. The smallest absolute Gasteiger partial charge is 0.274 e. The first-order chi connectivity index (χ1) is 12.3. The van der Waals surface area contributed by atoms with Crippen molar-refractivity contribution in [3.63, 3.8) is 0 Å². The molecule has 1 saturated heterocycles. The average Bonchev–Trinajstić information content (AvgIpc) is 2.95. The molecule has 0 radical (unpaired) electrons. The van der Waals surface area contributed by atoms with Gasteiger partial charge >= 0.3 is 0 Å². The highest BCUT2D eigenvalue weighted by Crippen LogP contribution is 2.15. The van der Waals surface area contributed by atoms with Crippen LogP contribution in [0.25, 0.3) is 0 Å². The molecule has 2 N–H and O–H groups in total. The van der Waals surface area contributed by atoms with Crippen molar-refractivity contribution in [3.05, 3.63) is 59.4 Å². The first kappa shape index (κ1) is 18.1. The zero-order valence-corrected chi connectivity index (χ0v) is 15.0. The zero-order chi connectivity index (χ0) is 18.7. The van der Waals surface area contributed by atoms with Crippen LogP contribution in [0.3, 0.4) is 0 Å². The van der Waals surface area contributed by atoms with Crippen LogP contribution in [-0.2, 0) is 9.84 Å². The van der Waals surface area contributed by atoms with Crippen molar-refractivity contribution < 1.29 is 18.0 Å². The third kappa shape index (κ3) is 4.26. The second-order valence-electron chi connectivity index (χ2n) is 6.25. The van der Waals surface area contributed by atoms with Gasteiger partial charge in [0.05, 0.1) is 11.5 Å². The highest BCUT2D eigenvalue weighted by molar-refractivity contribution is 7.91. The molecule has 0 aliphatic carbocycles. The molecule has 1 aromatic carbocycles. The number of aromatic nitrogens is 1. The third-order valence-corrected chi connectivity index (χ3v) is 5.94. The lowest BCUT2D eigenvalue weighted by Crippen LogP contribution is -2.36. The molecule has 1 aliphatic rings. The first-order valence-corrected chi connectivity index (χ1v) is 10.0. The molecule has 8 heteroatoms. The van der Waals surface area contributed by atoms with Crippen molar-refractivity contribution in [1.82, 2.24) is 10.3 Å². The summed E-state index contributed by atoms with van der Waals surface area (Å²) in [7, 11) is -3.08. The number of carbonyl (C=O) groups excluding carboxylic acids is 2. The van der Waals surface area contributed by atoms with E-state index in [1.165, 1.54) is 12.1 Å². The fourth-order valence-electron chi connectivity index (χ4n) is 2.76. The van der Waals surface area contributed by atoms with Gasteiger partial charge in [-0.25, -0.2) is 13.4 Å². The minimum absolute atomic E-state index is 0.0633. The standard InChI is InChI=1S/C18H19N3O4S/c1-12-5-2-3-6-14(12)21-18(23)16-8-4-7-15(20-16)17(22)19-13-9-10-26(24,25)11-13/h2-8,13H,9-11H2,1H3,(H,19,22)(H,21,23). The molecule has 0 bridgehead atoms. The SMILES string of the molecule is Cc1ccccc1NC(=O)c1cccc(C(=O)NC2CCS(=O)(=O)C2)n1. The van der Waals surface area contributed by atoms with Crippen LogP contribution in [0.5, 0.6) is 0 Å². The molecule has 0 spiro atoms. The molecule has 136 valence electrons. The fraction of sp³-hybridized carbons (Fsp3) is 0.278. The van der Waals surface area contributed by atoms with Crippen LogP contribution in [0.4, 0.5) is 5.69 Å². The molecule has 0 saturated carbocycles. The van der Waals surface area contributed by atoms with Crippen molar-refractivity contribution in [2.24, 2.45) is 0 Å². The van der Waals surface area contributed by atoms with Crippen molar-refractivity contribution >= 4 is 27.3 Å². The van der Waals surface area contributed by atoms with Crippen molar-refractivity contribution in [3.8, 4) is 0 Å². The highest BCUT2D eigenvalue weighted by Gasteiger charge is 2.29. The van der Waals surface area contributed by atoms with Crippen LogP contribution in [0.2, 0.25) is 0 Å². The number of aryl methyl sites for hydroxylation is 1. The quantitative estimate of drug-likeness (QED) is 0.846. The number of hydrogen-bond acceptors (Lipinski definition) is 5. The molecule has 1 aliphatic heterocycles. The van der Waals surface area contributed by atoms with Gasteiger partial charge in [-0.1, -0.05) is 24.3 Å². The second-order valence-corrected chi connectivity index (χ2v) is 8.48. The lowest BCUT2D eigenvalue weighted by Gasteiger charge is -2.11. The minimum Gasteiger partial charge on any atom is -0.347 e. The summed E-state index contributed by atoms with van der Waals surface area (Å²) in [6.07, 6.45) is 0.390. The van der Waals surface area contributed by atoms with E-state index in [0.29, 0.717) is 12.1 Å². The van der Waals surface area contributed by atoms with Gasteiger partial charge < -0.3 is 10.6 Å². The Morgan fingerprint density at radius 2 is 1.73 bits per heavy atom. The molecular formula is C18H19N3O4S. The molecule has 26 heavy (non-hydrogen) atoms. The number of benzene rings is 1. The van der Waals surface area contributed by atoms with Crippen molar-refractivity contribution in [2.45, 2.75) is 19.4 Å². The minimum atomic E-state index is -3.08. The Hall–Kier alpha value is -2.74. The normalized spacial score (nSPS) is 18.3. The van der Waals surface area contributed by atoms with Gasteiger partial charge in [0.25, 0.3) is 11.8 Å². The fourth-order valence-corrected chi connectivity index (χ4v) is 4.43. The number of nitrogens with one attached hydrogen (secondary N) is 2. The molecule has 2 amide bonds. The van der Waals surface area contributed by atoms with E-state index in [-0.39, 0.29) is 22.9 Å². The monoisotopic (exact) mass is 373 g/mol. The van der Waals surface area contributed by atoms with Crippen LogP contribution >= 0.6 is 0 Å². The number of pyridine rings is 1. The molecule has 7 nitrogen and oxygen atoms in total. The number of rotatable bonds is 4. The number of nitrogens with zero attached hydrogens (tertiary/aromatic N) is 1. The predicted molar refractivity (Wildman–Crippen MR) is 97.9 cm³/mol. The van der Waals surface area contributed by atoms with E-state index >= 15 is 0 Å². The maximum Gasteiger partial charge on any atom is 0.274 e. The predicted octanol–water partition coefficient (Wildman–Crippen LogP) is 1.56. The summed E-state index contributed by atoms with van der Waals surface area (Å²) in [5, 5.41) is 5.43. The summed E-state index contributed by atoms with van der Waals surface area (Å²) in [5.41, 5.74) is 1.77. The van der Waals surface area contributed by atoms with E-state index in [4.69, 9.17) is 0 Å². The van der Waals surface area contributed by atoms with Gasteiger partial charge in [-0.2, -0.15) is 0 Å². The van der Waals surface area contributed by atoms with Gasteiger partial charge in [0.2, 0.25) is 0 Å². The van der Waals surface area contributed by atoms with Gasteiger partial charge in [0, 0.05) is 11.7 Å². The van der Waals surface area contributed by atoms with Crippen LogP contribution in [0.1, 0.15) is 33.0 Å². The number of sulfone groups is 1. The highest BCUT2D eigenvalue weighted by atomic mass is 32.2. The summed E-state index contributed by atoms with van der Waals surface area (Å²) in [6, 6.07) is 11.5. The van der Waals surface area contributed by atoms with Gasteiger partial charge in [-0.3, -0.25) is 9.59 Å². The van der Waals surface area contributed by atoms with Crippen molar-refractivity contribution in [1.29, 1.82) is 0 Å². The number of amides is 2. The van der Waals surface area contributed by atoms with Crippen LogP contribution < -0.4 is 10.6 Å². The molecule has 1 aromatic heterocycles. The first-order valence-electron chi connectivity index (χ1n) is 8.19. The molecule has 2 heterocycles. The Bertz CT molecular complexity index is 956. The van der Waals surface area contributed by atoms with Gasteiger partial charge in [0.1, 0.15) is 11.4 Å². The molecular weight excluding hydrogens is 354 g/mol. The number of para-hydroxylation sites is 1. The van der Waals surface area contributed by atoms with Crippen molar-refractivity contribution in [2.75, 3.05) is 16.8 Å². The Morgan fingerprint density at radius 3 is 2.38 bits per heavy atom. The molecule has 1 unspecified atom stereocenters. The van der Waals surface area contributed by atoms with E-state index in [9.17, 15) is 18.0 Å². The molecule has 1 fully saturated rings. The lowest BCUT2D eigenvalue weighted by atomic mass is 10.2. The van der Waals surface area contributed by atoms with Crippen LogP contribution in [0.15, 0.2) is 42.5 Å². The number of anilines is 1. The molecule has 1 atom stereocenters. The zero-order valence-electron chi connectivity index (χ0n) is 14.2. The summed E-state index contributed by atoms with van der Waals surface area (Å²) in [6.45, 7) is 1.88. The van der Waals surface area contributed by atoms with E-state index < -0.39 is 27.7 Å². The van der Waals surface area contributed by atoms with Gasteiger partial charge in [0.15, 0.2) is 9.84 Å². The van der Waals surface area contributed by atoms with Gasteiger partial charge in [-0.15, -0.1) is 0 Å². The lowest BCUT2D eigenvalue weighted by molar-refractivity contribution is 0.0936. The topological polar surface area (TPSA) is 105 Å². The molecule has 2 aromatic rings. The summed E-state index contributed by atoms with van der Waals surface area (Å²) in [5.74, 6) is -0.897. The van der Waals surface area contributed by atoms with E-state index in [1.54, 1.807) is 12.1 Å². The summed E-state index contributed by atoms with van der Waals surface area (Å²) in [4.78, 5) is 28.8. The van der Waals surface area contributed by atoms with Gasteiger partial charge in [-0.05, 0) is 37.1 Å². The van der Waals surface area contributed by atoms with E-state index in [1.807, 2.05) is 25.1 Å². The van der Waals surface area contributed by atoms with Crippen LogP contribution in [0, 0.1) is 6.92 Å².